The fraction of sp³-hybridized carbons (Fsp3) is 0.417. The minimum atomic E-state index is -3.46. The van der Waals surface area contributed by atoms with E-state index >= 15 is 0 Å². The highest BCUT2D eigenvalue weighted by atomic mass is 32.2. The van der Waals surface area contributed by atoms with Crippen LogP contribution in [0.15, 0.2) is 23.2 Å². The molecule has 2 rings (SSSR count). The molecule has 5 nitrogen and oxygen atoms in total. The summed E-state index contributed by atoms with van der Waals surface area (Å²) in [6, 6.07) is 4.01. The molecule has 0 bridgehead atoms. The summed E-state index contributed by atoms with van der Waals surface area (Å²) >= 11 is 0. The monoisotopic (exact) mass is 285 g/mol. The molecule has 0 amide bonds. The van der Waals surface area contributed by atoms with Gasteiger partial charge in [-0.2, -0.15) is 0 Å². The predicted molar refractivity (Wildman–Crippen MR) is 73.0 cm³/mol. The summed E-state index contributed by atoms with van der Waals surface area (Å²) in [5.74, 6) is -0.837. The number of halogens is 1. The van der Waals surface area contributed by atoms with Gasteiger partial charge in [0.25, 0.3) is 0 Å². The largest absolute Gasteiger partial charge is 0.399 e. The van der Waals surface area contributed by atoms with E-state index in [-0.39, 0.29) is 17.2 Å². The molecule has 2 atom stereocenters. The van der Waals surface area contributed by atoms with Gasteiger partial charge in [-0.1, -0.05) is 0 Å². The van der Waals surface area contributed by atoms with E-state index in [0.29, 0.717) is 5.69 Å². The molecule has 7 heteroatoms. The van der Waals surface area contributed by atoms with Crippen LogP contribution in [0.2, 0.25) is 0 Å². The normalized spacial score (nSPS) is 29.8. The van der Waals surface area contributed by atoms with E-state index in [1.807, 2.05) is 0 Å². The molecular formula is C12H16FN3O2S. The number of rotatable bonds is 1. The van der Waals surface area contributed by atoms with Crippen LogP contribution in [0.1, 0.15) is 19.4 Å². The molecule has 2 unspecified atom stereocenters. The van der Waals surface area contributed by atoms with E-state index in [4.69, 9.17) is 11.5 Å². The van der Waals surface area contributed by atoms with Crippen molar-refractivity contribution >= 4 is 21.4 Å². The van der Waals surface area contributed by atoms with Gasteiger partial charge in [0.15, 0.2) is 9.84 Å². The summed E-state index contributed by atoms with van der Waals surface area (Å²) in [6.07, 6.45) is 0. The van der Waals surface area contributed by atoms with Gasteiger partial charge in [0, 0.05) is 11.3 Å². The molecule has 0 radical (unpaired) electrons. The van der Waals surface area contributed by atoms with Crippen molar-refractivity contribution < 1.29 is 12.8 Å². The van der Waals surface area contributed by atoms with Gasteiger partial charge >= 0.3 is 0 Å². The average molecular weight is 285 g/mol. The highest BCUT2D eigenvalue weighted by Crippen LogP contribution is 2.34. The Morgan fingerprint density at radius 3 is 2.63 bits per heavy atom. The summed E-state index contributed by atoms with van der Waals surface area (Å²) in [5, 5.41) is -0.843. The smallest absolute Gasteiger partial charge is 0.162 e. The third-order valence-corrected chi connectivity index (χ3v) is 5.67. The van der Waals surface area contributed by atoms with Crippen LogP contribution < -0.4 is 11.5 Å². The van der Waals surface area contributed by atoms with Crippen LogP contribution in [-0.2, 0) is 15.4 Å². The highest BCUT2D eigenvalue weighted by Gasteiger charge is 2.42. The van der Waals surface area contributed by atoms with E-state index in [2.05, 4.69) is 4.99 Å². The Bertz CT molecular complexity index is 657. The molecule has 1 aromatic rings. The first-order chi connectivity index (χ1) is 8.66. The Hall–Kier alpha value is -1.63. The van der Waals surface area contributed by atoms with Crippen LogP contribution >= 0.6 is 0 Å². The Morgan fingerprint density at radius 1 is 1.42 bits per heavy atom. The summed E-state index contributed by atoms with van der Waals surface area (Å²) < 4.78 is 38.0. The maximum atomic E-state index is 13.9. The summed E-state index contributed by atoms with van der Waals surface area (Å²) in [7, 11) is -3.46. The fourth-order valence-corrected chi connectivity index (χ4v) is 3.88. The molecule has 1 aliphatic heterocycles. The van der Waals surface area contributed by atoms with E-state index in [9.17, 15) is 12.8 Å². The zero-order valence-electron chi connectivity index (χ0n) is 10.7. The average Bonchev–Trinajstić information content (AvgIpc) is 2.28. The zero-order chi connectivity index (χ0) is 14.4. The van der Waals surface area contributed by atoms with E-state index in [0.717, 1.165) is 0 Å². The van der Waals surface area contributed by atoms with Gasteiger partial charge in [0.05, 0.1) is 5.75 Å². The lowest BCUT2D eigenvalue weighted by atomic mass is 9.93. The second kappa shape index (κ2) is 4.19. The van der Waals surface area contributed by atoms with E-state index < -0.39 is 26.4 Å². The molecule has 104 valence electrons. The van der Waals surface area contributed by atoms with Crippen molar-refractivity contribution in [1.29, 1.82) is 0 Å². The number of aliphatic imine (C=N–C) groups is 1. The Morgan fingerprint density at radius 2 is 2.05 bits per heavy atom. The summed E-state index contributed by atoms with van der Waals surface area (Å²) in [5.41, 5.74) is 10.6. The molecule has 0 saturated carbocycles. The van der Waals surface area contributed by atoms with Crippen molar-refractivity contribution in [3.05, 3.63) is 29.6 Å². The molecule has 0 aromatic heterocycles. The molecule has 0 fully saturated rings. The van der Waals surface area contributed by atoms with Crippen molar-refractivity contribution in [3.8, 4) is 0 Å². The highest BCUT2D eigenvalue weighted by molar-refractivity contribution is 7.92. The van der Waals surface area contributed by atoms with Crippen LogP contribution in [0.3, 0.4) is 0 Å². The predicted octanol–water partition coefficient (Wildman–Crippen LogP) is 0.797. The quantitative estimate of drug-likeness (QED) is 0.745. The van der Waals surface area contributed by atoms with Crippen molar-refractivity contribution in [1.82, 2.24) is 0 Å². The number of nitrogens with two attached hydrogens (primary N) is 2. The number of amidine groups is 1. The van der Waals surface area contributed by atoms with Gasteiger partial charge in [-0.3, -0.25) is 4.99 Å². The van der Waals surface area contributed by atoms with Crippen molar-refractivity contribution in [2.75, 3.05) is 11.5 Å². The van der Waals surface area contributed by atoms with Crippen molar-refractivity contribution in [3.63, 3.8) is 0 Å². The molecule has 0 spiro atoms. The fourth-order valence-electron chi connectivity index (χ4n) is 2.20. The second-order valence-electron chi connectivity index (χ2n) is 5.00. The van der Waals surface area contributed by atoms with Gasteiger partial charge in [0.2, 0.25) is 0 Å². The first-order valence-corrected chi connectivity index (χ1v) is 7.49. The number of sulfone groups is 1. The molecule has 0 aliphatic carbocycles. The lowest BCUT2D eigenvalue weighted by Gasteiger charge is -2.33. The maximum absolute atomic E-state index is 13.9. The minimum absolute atomic E-state index is 0.00410. The maximum Gasteiger partial charge on any atom is 0.162 e. The molecule has 1 aromatic carbocycles. The lowest BCUT2D eigenvalue weighted by Crippen LogP contribution is -2.47. The molecule has 4 N–H and O–H groups in total. The molecule has 19 heavy (non-hydrogen) atoms. The van der Waals surface area contributed by atoms with Crippen LogP contribution in [-0.4, -0.2) is 25.3 Å². The SMILES string of the molecule is CC1C(N)=NC(C)(c2cc(N)ccc2F)CS1(=O)=O. The van der Waals surface area contributed by atoms with Gasteiger partial charge < -0.3 is 11.5 Å². The van der Waals surface area contributed by atoms with Crippen LogP contribution in [0.25, 0.3) is 0 Å². The number of hydrogen-bond acceptors (Lipinski definition) is 5. The van der Waals surface area contributed by atoms with Gasteiger partial charge in [-0.25, -0.2) is 12.8 Å². The Balaban J connectivity index is 2.64. The Labute approximate surface area is 111 Å². The van der Waals surface area contributed by atoms with Crippen LogP contribution in [0.5, 0.6) is 0 Å². The van der Waals surface area contributed by atoms with Gasteiger partial charge in [0.1, 0.15) is 22.4 Å². The third-order valence-electron chi connectivity index (χ3n) is 3.38. The van der Waals surface area contributed by atoms with Crippen molar-refractivity contribution in [2.45, 2.75) is 24.6 Å². The van der Waals surface area contributed by atoms with Gasteiger partial charge in [-0.05, 0) is 32.0 Å². The number of nitrogens with zero attached hydrogens (tertiary/aromatic N) is 1. The van der Waals surface area contributed by atoms with Crippen LogP contribution in [0.4, 0.5) is 10.1 Å². The summed E-state index contributed by atoms with van der Waals surface area (Å²) in [6.45, 7) is 3.02. The zero-order valence-corrected chi connectivity index (χ0v) is 11.5. The minimum Gasteiger partial charge on any atom is -0.399 e. The standard InChI is InChI=1S/C12H16FN3O2S/c1-7-11(15)16-12(2,6-19(7,17)18)9-5-8(14)3-4-10(9)13/h3-5,7H,6,14H2,1-2H3,(H2,15,16). The summed E-state index contributed by atoms with van der Waals surface area (Å²) in [4.78, 5) is 4.18. The number of nitrogen functional groups attached to an aromatic ring is 1. The van der Waals surface area contributed by atoms with Crippen molar-refractivity contribution in [2.24, 2.45) is 10.7 Å². The second-order valence-corrected chi connectivity index (χ2v) is 7.32. The number of hydrogen-bond donors (Lipinski definition) is 2. The topological polar surface area (TPSA) is 98.5 Å². The van der Waals surface area contributed by atoms with Crippen LogP contribution in [0, 0.1) is 5.82 Å². The van der Waals surface area contributed by atoms with E-state index in [1.54, 1.807) is 6.92 Å². The molecule has 0 saturated heterocycles. The molecule has 1 heterocycles. The number of benzene rings is 1. The van der Waals surface area contributed by atoms with E-state index in [1.165, 1.54) is 25.1 Å². The first-order valence-electron chi connectivity index (χ1n) is 5.78. The first kappa shape index (κ1) is 13.8. The Kier molecular flexibility index (Phi) is 3.04. The lowest BCUT2D eigenvalue weighted by molar-refractivity contribution is 0.486. The molecule has 1 aliphatic rings. The third kappa shape index (κ3) is 2.30. The number of anilines is 1. The van der Waals surface area contributed by atoms with Gasteiger partial charge in [-0.15, -0.1) is 0 Å². The molecular weight excluding hydrogens is 269 g/mol.